The molecule has 204 valence electrons. The first-order valence-electron chi connectivity index (χ1n) is 16.4. The smallest absolute Gasteiger partial charge is 0.312 e. The molecule has 3 fully saturated rings. The summed E-state index contributed by atoms with van der Waals surface area (Å²) in [6, 6.07) is 0. The molecule has 3 aliphatic rings. The minimum absolute atomic E-state index is 0.166. The Morgan fingerprint density at radius 3 is 1.03 bits per heavy atom. The van der Waals surface area contributed by atoms with Gasteiger partial charge in [0.25, 0.3) is 0 Å². The predicted molar refractivity (Wildman–Crippen MR) is 150 cm³/mol. The number of ether oxygens (including phenoxy) is 1. The highest BCUT2D eigenvalue weighted by Crippen LogP contribution is 2.48. The van der Waals surface area contributed by atoms with Crippen molar-refractivity contribution in [2.75, 3.05) is 0 Å². The molecule has 0 bridgehead atoms. The molecule has 2 nitrogen and oxygen atoms in total. The van der Waals surface area contributed by atoms with Gasteiger partial charge in [0.2, 0.25) is 0 Å². The maximum Gasteiger partial charge on any atom is 0.312 e. The summed E-state index contributed by atoms with van der Waals surface area (Å²) >= 11 is 0. The number of rotatable bonds is 4. The Balaban J connectivity index is 1.78. The molecule has 0 aromatic heterocycles. The fourth-order valence-electron chi connectivity index (χ4n) is 7.65. The monoisotopic (exact) mass is 488 g/mol. The van der Waals surface area contributed by atoms with Crippen LogP contribution in [0.3, 0.4) is 0 Å². The summed E-state index contributed by atoms with van der Waals surface area (Å²) < 4.78 is 6.61. The van der Waals surface area contributed by atoms with Crippen molar-refractivity contribution in [2.24, 2.45) is 17.3 Å². The van der Waals surface area contributed by atoms with Crippen LogP contribution in [0.15, 0.2) is 0 Å². The molecule has 0 aromatic carbocycles. The van der Waals surface area contributed by atoms with Gasteiger partial charge < -0.3 is 4.74 Å². The molecule has 0 atom stereocenters. The van der Waals surface area contributed by atoms with E-state index in [-0.39, 0.29) is 17.5 Å². The number of carbonyl (C=O) groups excluding carboxylic acids is 1. The van der Waals surface area contributed by atoms with E-state index in [0.29, 0.717) is 11.8 Å². The van der Waals surface area contributed by atoms with Crippen LogP contribution in [0.25, 0.3) is 0 Å². The summed E-state index contributed by atoms with van der Waals surface area (Å²) in [6.45, 7) is 2.39. The lowest BCUT2D eigenvalue weighted by Crippen LogP contribution is -2.45. The zero-order valence-corrected chi connectivity index (χ0v) is 23.6. The van der Waals surface area contributed by atoms with Crippen molar-refractivity contribution in [3.63, 3.8) is 0 Å². The van der Waals surface area contributed by atoms with E-state index in [4.69, 9.17) is 4.74 Å². The van der Waals surface area contributed by atoms with Gasteiger partial charge in [-0.05, 0) is 70.1 Å². The second kappa shape index (κ2) is 17.1. The number of hydrogen-bond acceptors (Lipinski definition) is 2. The Morgan fingerprint density at radius 2 is 0.714 bits per heavy atom. The van der Waals surface area contributed by atoms with Crippen LogP contribution in [0.1, 0.15) is 180 Å². The van der Waals surface area contributed by atoms with E-state index in [9.17, 15) is 4.79 Å². The Morgan fingerprint density at radius 1 is 0.457 bits per heavy atom. The molecule has 0 aliphatic heterocycles. The number of carbonyl (C=O) groups is 1. The fraction of sp³-hybridized carbons (Fsp3) is 0.970. The van der Waals surface area contributed by atoms with Gasteiger partial charge in [0.15, 0.2) is 0 Å². The third-order valence-corrected chi connectivity index (χ3v) is 10.2. The molecule has 0 radical (unpaired) electrons. The Kier molecular flexibility index (Phi) is 14.2. The molecule has 2 heteroatoms. The van der Waals surface area contributed by atoms with Crippen LogP contribution >= 0.6 is 0 Å². The Bertz CT molecular complexity index is 499. The maximum absolute atomic E-state index is 14.4. The number of hydrogen-bond donors (Lipinski definition) is 0. The first-order chi connectivity index (χ1) is 17.2. The highest BCUT2D eigenvalue weighted by atomic mass is 16.5. The fourth-order valence-corrected chi connectivity index (χ4v) is 7.65. The molecule has 0 aromatic rings. The van der Waals surface area contributed by atoms with Gasteiger partial charge in [-0.15, -0.1) is 0 Å². The molecule has 3 aliphatic carbocycles. The quantitative estimate of drug-likeness (QED) is 0.368. The van der Waals surface area contributed by atoms with Gasteiger partial charge in [0.05, 0.1) is 5.41 Å². The van der Waals surface area contributed by atoms with Crippen LogP contribution < -0.4 is 0 Å². The SMILES string of the molecule is CC(C(=O)OC1CCCCCCCCC1)(C1CCCCCCCCC1)C1CCCCCCCCC1. The van der Waals surface area contributed by atoms with E-state index in [0.717, 1.165) is 12.8 Å². The molecule has 35 heavy (non-hydrogen) atoms. The van der Waals surface area contributed by atoms with Gasteiger partial charge in [-0.3, -0.25) is 4.79 Å². The summed E-state index contributed by atoms with van der Waals surface area (Å²) in [5.41, 5.74) is -0.284. The lowest BCUT2D eigenvalue weighted by molar-refractivity contribution is -0.171. The summed E-state index contributed by atoms with van der Waals surface area (Å²) in [5.74, 6) is 1.24. The van der Waals surface area contributed by atoms with Gasteiger partial charge in [-0.2, -0.15) is 0 Å². The van der Waals surface area contributed by atoms with Crippen molar-refractivity contribution in [3.8, 4) is 0 Å². The highest BCUT2D eigenvalue weighted by Gasteiger charge is 2.48. The van der Waals surface area contributed by atoms with Crippen molar-refractivity contribution < 1.29 is 9.53 Å². The topological polar surface area (TPSA) is 26.3 Å². The molecule has 0 heterocycles. The molecular formula is C33H60O2. The van der Waals surface area contributed by atoms with Gasteiger partial charge >= 0.3 is 5.97 Å². The Hall–Kier alpha value is -0.530. The molecule has 0 amide bonds. The maximum atomic E-state index is 14.4. The van der Waals surface area contributed by atoms with Crippen LogP contribution in [0, 0.1) is 17.3 Å². The summed E-state index contributed by atoms with van der Waals surface area (Å²) in [5, 5.41) is 0. The average Bonchev–Trinajstić information content (AvgIpc) is 2.88. The first-order valence-corrected chi connectivity index (χ1v) is 16.4. The predicted octanol–water partition coefficient (Wildman–Crippen LogP) is 10.7. The second-order valence-corrected chi connectivity index (χ2v) is 12.9. The lowest BCUT2D eigenvalue weighted by Gasteiger charge is -2.43. The van der Waals surface area contributed by atoms with E-state index in [2.05, 4.69) is 6.92 Å². The zero-order valence-electron chi connectivity index (χ0n) is 23.6. The molecule has 0 saturated heterocycles. The molecule has 0 N–H and O–H groups in total. The number of esters is 1. The molecular weight excluding hydrogens is 428 g/mol. The molecule has 0 unspecified atom stereocenters. The van der Waals surface area contributed by atoms with Gasteiger partial charge in [0.1, 0.15) is 6.10 Å². The average molecular weight is 489 g/mol. The minimum atomic E-state index is -0.284. The summed E-state index contributed by atoms with van der Waals surface area (Å²) in [7, 11) is 0. The van der Waals surface area contributed by atoms with E-state index in [1.807, 2.05) is 0 Å². The standard InChI is InChI=1S/C33H60O2/c1-33(29-23-17-11-5-2-6-12-18-24-29,30-25-19-13-7-3-8-14-20-26-30)32(34)35-31-27-21-15-9-4-10-16-22-28-31/h29-31H,2-28H2,1H3. The summed E-state index contributed by atoms with van der Waals surface area (Å²) in [4.78, 5) is 14.4. The zero-order chi connectivity index (χ0) is 24.6. The normalized spacial score (nSPS) is 25.4. The highest BCUT2D eigenvalue weighted by molar-refractivity contribution is 5.77. The van der Waals surface area contributed by atoms with E-state index in [1.54, 1.807) is 0 Å². The van der Waals surface area contributed by atoms with Crippen LogP contribution in [0.5, 0.6) is 0 Å². The van der Waals surface area contributed by atoms with Gasteiger partial charge in [-0.1, -0.05) is 122 Å². The molecule has 3 rings (SSSR count). The third-order valence-electron chi connectivity index (χ3n) is 10.2. The van der Waals surface area contributed by atoms with Crippen LogP contribution in [-0.4, -0.2) is 12.1 Å². The van der Waals surface area contributed by atoms with E-state index >= 15 is 0 Å². The lowest BCUT2D eigenvalue weighted by atomic mass is 9.61. The van der Waals surface area contributed by atoms with Crippen LogP contribution in [0.4, 0.5) is 0 Å². The third kappa shape index (κ3) is 10.0. The van der Waals surface area contributed by atoms with Crippen molar-refractivity contribution in [2.45, 2.75) is 186 Å². The summed E-state index contributed by atoms with van der Waals surface area (Å²) in [6.07, 6.45) is 35.6. The Labute approximate surface area is 219 Å². The minimum Gasteiger partial charge on any atom is -0.462 e. The second-order valence-electron chi connectivity index (χ2n) is 12.9. The van der Waals surface area contributed by atoms with Crippen molar-refractivity contribution in [3.05, 3.63) is 0 Å². The van der Waals surface area contributed by atoms with Crippen molar-refractivity contribution in [1.82, 2.24) is 0 Å². The molecule has 3 saturated carbocycles. The van der Waals surface area contributed by atoms with Gasteiger partial charge in [0, 0.05) is 0 Å². The molecule has 0 spiro atoms. The van der Waals surface area contributed by atoms with Gasteiger partial charge in [-0.25, -0.2) is 0 Å². The van der Waals surface area contributed by atoms with E-state index in [1.165, 1.54) is 161 Å². The first kappa shape index (κ1) is 29.0. The van der Waals surface area contributed by atoms with Crippen molar-refractivity contribution in [1.29, 1.82) is 0 Å². The largest absolute Gasteiger partial charge is 0.462 e. The van der Waals surface area contributed by atoms with Crippen LogP contribution in [0.2, 0.25) is 0 Å². The van der Waals surface area contributed by atoms with E-state index < -0.39 is 0 Å². The van der Waals surface area contributed by atoms with Crippen LogP contribution in [-0.2, 0) is 9.53 Å². The van der Waals surface area contributed by atoms with Crippen molar-refractivity contribution >= 4 is 5.97 Å².